The largest absolute Gasteiger partial charge is 0.497 e. The quantitative estimate of drug-likeness (QED) is 0.781. The topological polar surface area (TPSA) is 70.7 Å². The molecule has 3 aliphatic rings. The van der Waals surface area contributed by atoms with Gasteiger partial charge in [0, 0.05) is 17.3 Å². The number of rotatable bonds is 3. The zero-order valence-electron chi connectivity index (χ0n) is 17.0. The standard InChI is InChI=1S/C23H24ClN3O3/c1-13-10-17-20(19(24)11-13)26-22(29)23(17)18(12-15-4-3-9-27(15)23)21(28)25-14-5-7-16(30-2)8-6-14/h5-8,10-11,15,18H,3-4,9,12H2,1-2H3,(H,25,28)(H,26,29)/t15-,18-,23-/m1/s1. The van der Waals surface area contributed by atoms with Gasteiger partial charge in [0.1, 0.15) is 11.3 Å². The van der Waals surface area contributed by atoms with Gasteiger partial charge in [-0.25, -0.2) is 0 Å². The number of amides is 2. The highest BCUT2D eigenvalue weighted by atomic mass is 35.5. The molecule has 0 aromatic heterocycles. The third kappa shape index (κ3) is 2.67. The van der Waals surface area contributed by atoms with E-state index in [4.69, 9.17) is 16.3 Å². The summed E-state index contributed by atoms with van der Waals surface area (Å²) in [7, 11) is 1.60. The van der Waals surface area contributed by atoms with Crippen molar-refractivity contribution in [2.75, 3.05) is 24.3 Å². The molecule has 3 atom stereocenters. The van der Waals surface area contributed by atoms with Gasteiger partial charge >= 0.3 is 0 Å². The lowest BCUT2D eigenvalue weighted by atomic mass is 9.78. The predicted octanol–water partition coefficient (Wildman–Crippen LogP) is 3.93. The molecule has 156 valence electrons. The molecule has 3 aliphatic heterocycles. The molecule has 0 saturated carbocycles. The number of fused-ring (bicyclic) bond motifs is 4. The van der Waals surface area contributed by atoms with E-state index >= 15 is 0 Å². The number of anilines is 2. The first-order chi connectivity index (χ1) is 14.4. The average molecular weight is 426 g/mol. The normalized spacial score (nSPS) is 27.1. The molecule has 2 aromatic carbocycles. The number of carbonyl (C=O) groups excluding carboxylic acids is 2. The maximum atomic E-state index is 13.5. The summed E-state index contributed by atoms with van der Waals surface area (Å²) < 4.78 is 5.19. The fourth-order valence-corrected chi connectivity index (χ4v) is 5.84. The van der Waals surface area contributed by atoms with Crippen molar-refractivity contribution < 1.29 is 14.3 Å². The lowest BCUT2D eigenvalue weighted by Gasteiger charge is -2.36. The van der Waals surface area contributed by atoms with Crippen LogP contribution < -0.4 is 15.4 Å². The Kier molecular flexibility index (Phi) is 4.52. The number of carbonyl (C=O) groups is 2. The van der Waals surface area contributed by atoms with Crippen molar-refractivity contribution in [2.45, 2.75) is 37.8 Å². The Morgan fingerprint density at radius 3 is 2.80 bits per heavy atom. The maximum Gasteiger partial charge on any atom is 0.250 e. The monoisotopic (exact) mass is 425 g/mol. The van der Waals surface area contributed by atoms with Gasteiger partial charge in [-0.15, -0.1) is 0 Å². The predicted molar refractivity (Wildman–Crippen MR) is 116 cm³/mol. The SMILES string of the molecule is COc1ccc(NC(=O)[C@H]2C[C@H]3CCCN3[C@@]23C(=O)Nc2c(Cl)cc(C)cc23)cc1. The molecule has 0 aliphatic carbocycles. The van der Waals surface area contributed by atoms with Gasteiger partial charge in [-0.1, -0.05) is 17.7 Å². The van der Waals surface area contributed by atoms with Gasteiger partial charge in [0.15, 0.2) is 0 Å². The molecule has 7 heteroatoms. The molecule has 0 radical (unpaired) electrons. The molecule has 2 aromatic rings. The van der Waals surface area contributed by atoms with E-state index in [1.54, 1.807) is 19.2 Å². The van der Waals surface area contributed by atoms with E-state index in [0.29, 0.717) is 22.8 Å². The molecule has 6 nitrogen and oxygen atoms in total. The van der Waals surface area contributed by atoms with Gasteiger partial charge < -0.3 is 15.4 Å². The number of nitrogens with one attached hydrogen (secondary N) is 2. The van der Waals surface area contributed by atoms with Crippen LogP contribution in [0.2, 0.25) is 5.02 Å². The summed E-state index contributed by atoms with van der Waals surface area (Å²) in [5.41, 5.74) is 2.12. The Bertz CT molecular complexity index is 1040. The van der Waals surface area contributed by atoms with Crippen LogP contribution in [0.4, 0.5) is 11.4 Å². The van der Waals surface area contributed by atoms with Gasteiger partial charge in [0.25, 0.3) is 0 Å². The van der Waals surface area contributed by atoms with E-state index in [2.05, 4.69) is 15.5 Å². The highest BCUT2D eigenvalue weighted by Crippen LogP contribution is 2.56. The molecule has 2 amide bonds. The second-order valence-corrected chi connectivity index (χ2v) is 8.79. The molecule has 0 unspecified atom stereocenters. The van der Waals surface area contributed by atoms with E-state index in [1.165, 1.54) is 0 Å². The van der Waals surface area contributed by atoms with Crippen molar-refractivity contribution in [2.24, 2.45) is 5.92 Å². The van der Waals surface area contributed by atoms with Crippen LogP contribution in [0.25, 0.3) is 0 Å². The summed E-state index contributed by atoms with van der Waals surface area (Å²) in [5, 5.41) is 6.54. The maximum absolute atomic E-state index is 13.5. The van der Waals surface area contributed by atoms with E-state index in [-0.39, 0.29) is 17.9 Å². The number of hydrogen-bond donors (Lipinski definition) is 2. The van der Waals surface area contributed by atoms with Gasteiger partial charge in [0.2, 0.25) is 11.8 Å². The average Bonchev–Trinajstić information content (AvgIpc) is 3.38. The highest BCUT2D eigenvalue weighted by Gasteiger charge is 2.65. The number of methoxy groups -OCH3 is 1. The fourth-order valence-electron chi connectivity index (χ4n) is 5.52. The van der Waals surface area contributed by atoms with Gasteiger partial charge in [0.05, 0.1) is 23.7 Å². The number of aryl methyl sites for hydroxylation is 1. The van der Waals surface area contributed by atoms with Crippen molar-refractivity contribution in [1.82, 2.24) is 4.90 Å². The summed E-state index contributed by atoms with van der Waals surface area (Å²) in [6.45, 7) is 2.76. The van der Waals surface area contributed by atoms with Gasteiger partial charge in [-0.2, -0.15) is 0 Å². The highest BCUT2D eigenvalue weighted by molar-refractivity contribution is 6.35. The van der Waals surface area contributed by atoms with Crippen LogP contribution in [-0.4, -0.2) is 36.4 Å². The van der Waals surface area contributed by atoms with Crippen LogP contribution in [0.5, 0.6) is 5.75 Å². The molecule has 0 bridgehead atoms. The minimum absolute atomic E-state index is 0.143. The Balaban J connectivity index is 1.57. The lowest BCUT2D eigenvalue weighted by Crippen LogP contribution is -2.53. The molecule has 2 N–H and O–H groups in total. The number of ether oxygens (including phenoxy) is 1. The van der Waals surface area contributed by atoms with Crippen molar-refractivity contribution in [3.8, 4) is 5.75 Å². The van der Waals surface area contributed by atoms with Crippen molar-refractivity contribution >= 4 is 34.8 Å². The second kappa shape index (κ2) is 7.00. The van der Waals surface area contributed by atoms with Crippen molar-refractivity contribution in [3.05, 3.63) is 52.5 Å². The van der Waals surface area contributed by atoms with Gasteiger partial charge in [-0.05, 0) is 68.6 Å². The summed E-state index contributed by atoms with van der Waals surface area (Å²) >= 11 is 6.48. The molecule has 1 spiro atoms. The Morgan fingerprint density at radius 2 is 2.07 bits per heavy atom. The van der Waals surface area contributed by atoms with Crippen molar-refractivity contribution in [3.63, 3.8) is 0 Å². The lowest BCUT2D eigenvalue weighted by molar-refractivity contribution is -0.135. The van der Waals surface area contributed by atoms with Crippen LogP contribution in [0.1, 0.15) is 30.4 Å². The first-order valence-corrected chi connectivity index (χ1v) is 10.7. The zero-order valence-corrected chi connectivity index (χ0v) is 17.8. The summed E-state index contributed by atoms with van der Waals surface area (Å²) in [6.07, 6.45) is 2.68. The molecule has 5 rings (SSSR count). The van der Waals surface area contributed by atoms with Crippen molar-refractivity contribution in [1.29, 1.82) is 0 Å². The summed E-state index contributed by atoms with van der Waals surface area (Å²) in [5.74, 6) is -0.0660. The smallest absolute Gasteiger partial charge is 0.250 e. The Morgan fingerprint density at radius 1 is 1.30 bits per heavy atom. The summed E-state index contributed by atoms with van der Waals surface area (Å²) in [4.78, 5) is 29.2. The van der Waals surface area contributed by atoms with Crippen LogP contribution in [-0.2, 0) is 15.1 Å². The number of nitrogens with zero attached hydrogens (tertiary/aromatic N) is 1. The van der Waals surface area contributed by atoms with Crippen LogP contribution in [0, 0.1) is 12.8 Å². The van der Waals surface area contributed by atoms with E-state index in [9.17, 15) is 9.59 Å². The second-order valence-electron chi connectivity index (χ2n) is 8.39. The van der Waals surface area contributed by atoms with E-state index < -0.39 is 11.5 Å². The first kappa shape index (κ1) is 19.4. The minimum Gasteiger partial charge on any atom is -0.497 e. The molecular formula is C23H24ClN3O3. The Hall–Kier alpha value is -2.57. The third-order valence-electron chi connectivity index (χ3n) is 6.75. The molecule has 30 heavy (non-hydrogen) atoms. The molecular weight excluding hydrogens is 402 g/mol. The minimum atomic E-state index is -1.01. The zero-order chi connectivity index (χ0) is 21.0. The number of benzene rings is 2. The van der Waals surface area contributed by atoms with Gasteiger partial charge in [-0.3, -0.25) is 14.5 Å². The van der Waals surface area contributed by atoms with E-state index in [0.717, 1.165) is 36.3 Å². The van der Waals surface area contributed by atoms with Crippen LogP contribution in [0.15, 0.2) is 36.4 Å². The first-order valence-electron chi connectivity index (χ1n) is 10.3. The summed E-state index contributed by atoms with van der Waals surface area (Å²) in [6, 6.07) is 11.3. The third-order valence-corrected chi connectivity index (χ3v) is 7.04. The van der Waals surface area contributed by atoms with Crippen LogP contribution in [0.3, 0.4) is 0 Å². The number of hydrogen-bond acceptors (Lipinski definition) is 4. The fraction of sp³-hybridized carbons (Fsp3) is 0.391. The molecule has 2 fully saturated rings. The van der Waals surface area contributed by atoms with E-state index in [1.807, 2.05) is 31.2 Å². The Labute approximate surface area is 180 Å². The molecule has 3 heterocycles. The number of halogens is 1. The van der Waals surface area contributed by atoms with Crippen LogP contribution >= 0.6 is 11.6 Å². The molecule has 2 saturated heterocycles.